The van der Waals surface area contributed by atoms with E-state index >= 15 is 0 Å². The lowest BCUT2D eigenvalue weighted by atomic mass is 10.2. The maximum absolute atomic E-state index is 13.1. The van der Waals surface area contributed by atoms with E-state index < -0.39 is 15.8 Å². The van der Waals surface area contributed by atoms with Crippen LogP contribution in [0.2, 0.25) is 0 Å². The highest BCUT2D eigenvalue weighted by Crippen LogP contribution is 2.18. The molecule has 5 nitrogen and oxygen atoms in total. The zero-order valence-corrected chi connectivity index (χ0v) is 11.4. The third-order valence-electron chi connectivity index (χ3n) is 2.72. The number of pyridine rings is 1. The number of hydrogen-bond acceptors (Lipinski definition) is 4. The number of halogens is 1. The molecule has 1 heterocycles. The van der Waals surface area contributed by atoms with E-state index in [4.69, 9.17) is 5.73 Å². The summed E-state index contributed by atoms with van der Waals surface area (Å²) in [6, 6.07) is 6.85. The van der Waals surface area contributed by atoms with Gasteiger partial charge in [-0.15, -0.1) is 0 Å². The Morgan fingerprint density at radius 3 is 2.60 bits per heavy atom. The largest absolute Gasteiger partial charge is 0.398 e. The van der Waals surface area contributed by atoms with Gasteiger partial charge in [0.1, 0.15) is 10.7 Å². The number of hydrogen-bond donors (Lipinski definition) is 2. The number of rotatable bonds is 5. The summed E-state index contributed by atoms with van der Waals surface area (Å²) in [6.07, 6.45) is 3.78. The SMILES string of the molecule is Nc1ccc(F)cc1S(=O)(=O)NCCc1ccncc1. The maximum atomic E-state index is 13.1. The van der Waals surface area contributed by atoms with Crippen LogP contribution in [-0.4, -0.2) is 19.9 Å². The lowest BCUT2D eigenvalue weighted by Crippen LogP contribution is -2.26. The molecule has 0 spiro atoms. The summed E-state index contributed by atoms with van der Waals surface area (Å²) in [5, 5.41) is 0. The molecule has 0 fully saturated rings. The van der Waals surface area contributed by atoms with E-state index in [2.05, 4.69) is 9.71 Å². The minimum atomic E-state index is -3.81. The van der Waals surface area contributed by atoms with Crippen molar-refractivity contribution in [2.75, 3.05) is 12.3 Å². The first-order chi connectivity index (χ1) is 9.49. The number of benzene rings is 1. The molecule has 3 N–H and O–H groups in total. The van der Waals surface area contributed by atoms with Gasteiger partial charge >= 0.3 is 0 Å². The van der Waals surface area contributed by atoms with E-state index in [1.54, 1.807) is 24.5 Å². The number of sulfonamides is 1. The fourth-order valence-corrected chi connectivity index (χ4v) is 2.87. The topological polar surface area (TPSA) is 85.1 Å². The van der Waals surface area contributed by atoms with Crippen LogP contribution in [0.4, 0.5) is 10.1 Å². The Morgan fingerprint density at radius 1 is 1.20 bits per heavy atom. The van der Waals surface area contributed by atoms with Crippen LogP contribution in [-0.2, 0) is 16.4 Å². The van der Waals surface area contributed by atoms with Crippen LogP contribution in [0.1, 0.15) is 5.56 Å². The highest BCUT2D eigenvalue weighted by Gasteiger charge is 2.17. The zero-order chi connectivity index (χ0) is 14.6. The van der Waals surface area contributed by atoms with Crippen molar-refractivity contribution in [2.45, 2.75) is 11.3 Å². The van der Waals surface area contributed by atoms with Crippen molar-refractivity contribution >= 4 is 15.7 Å². The molecule has 2 aromatic rings. The average Bonchev–Trinajstić information content (AvgIpc) is 2.42. The number of aromatic nitrogens is 1. The summed E-state index contributed by atoms with van der Waals surface area (Å²) < 4.78 is 39.6. The van der Waals surface area contributed by atoms with Gasteiger partial charge < -0.3 is 5.73 Å². The second kappa shape index (κ2) is 5.98. The second-order valence-corrected chi connectivity index (χ2v) is 5.92. The highest BCUT2D eigenvalue weighted by molar-refractivity contribution is 7.89. The summed E-state index contributed by atoms with van der Waals surface area (Å²) in [6.45, 7) is 0.197. The first kappa shape index (κ1) is 14.4. The van der Waals surface area contributed by atoms with Crippen LogP contribution in [0.3, 0.4) is 0 Å². The summed E-state index contributed by atoms with van der Waals surface area (Å²) in [4.78, 5) is 3.63. The van der Waals surface area contributed by atoms with Gasteiger partial charge in [-0.2, -0.15) is 0 Å². The minimum absolute atomic E-state index is 0.0165. The molecule has 1 aromatic heterocycles. The van der Waals surface area contributed by atoms with Gasteiger partial charge in [0.15, 0.2) is 0 Å². The monoisotopic (exact) mass is 295 g/mol. The molecule has 0 saturated heterocycles. The maximum Gasteiger partial charge on any atom is 0.242 e. The molecule has 106 valence electrons. The molecule has 0 saturated carbocycles. The highest BCUT2D eigenvalue weighted by atomic mass is 32.2. The van der Waals surface area contributed by atoms with Crippen molar-refractivity contribution in [1.82, 2.24) is 9.71 Å². The van der Waals surface area contributed by atoms with Crippen LogP contribution in [0.5, 0.6) is 0 Å². The van der Waals surface area contributed by atoms with Gasteiger partial charge in [0, 0.05) is 18.9 Å². The molecule has 20 heavy (non-hydrogen) atoms. The summed E-state index contributed by atoms with van der Waals surface area (Å²) >= 11 is 0. The van der Waals surface area contributed by atoms with Crippen molar-refractivity contribution in [3.05, 3.63) is 54.1 Å². The van der Waals surface area contributed by atoms with Crippen molar-refractivity contribution < 1.29 is 12.8 Å². The van der Waals surface area contributed by atoms with E-state index in [0.717, 1.165) is 17.7 Å². The molecule has 2 rings (SSSR count). The zero-order valence-electron chi connectivity index (χ0n) is 10.6. The van der Waals surface area contributed by atoms with E-state index in [1.165, 1.54) is 6.07 Å². The first-order valence-corrected chi connectivity index (χ1v) is 7.41. The molecule has 0 aliphatic carbocycles. The van der Waals surface area contributed by atoms with E-state index in [-0.39, 0.29) is 17.1 Å². The molecule has 0 aliphatic heterocycles. The molecular weight excluding hydrogens is 281 g/mol. The lowest BCUT2D eigenvalue weighted by Gasteiger charge is -2.09. The Bertz CT molecular complexity index is 690. The van der Waals surface area contributed by atoms with Gasteiger partial charge in [-0.1, -0.05) is 0 Å². The smallest absolute Gasteiger partial charge is 0.242 e. The Kier molecular flexibility index (Phi) is 4.31. The van der Waals surface area contributed by atoms with Gasteiger partial charge in [-0.05, 0) is 42.3 Å². The summed E-state index contributed by atoms with van der Waals surface area (Å²) in [5.74, 6) is -0.645. The Morgan fingerprint density at radius 2 is 1.90 bits per heavy atom. The number of nitrogen functional groups attached to an aromatic ring is 1. The predicted octanol–water partition coefficient (Wildman–Crippen LogP) is 1.32. The van der Waals surface area contributed by atoms with Crippen LogP contribution >= 0.6 is 0 Å². The normalized spacial score (nSPS) is 11.4. The van der Waals surface area contributed by atoms with Gasteiger partial charge in [-0.3, -0.25) is 4.98 Å². The second-order valence-electron chi connectivity index (χ2n) is 4.19. The fourth-order valence-electron chi connectivity index (χ4n) is 1.70. The minimum Gasteiger partial charge on any atom is -0.398 e. The number of anilines is 1. The Hall–Kier alpha value is -1.99. The van der Waals surface area contributed by atoms with Crippen molar-refractivity contribution in [1.29, 1.82) is 0 Å². The number of nitrogens with two attached hydrogens (primary N) is 1. The third-order valence-corrected chi connectivity index (χ3v) is 4.24. The number of nitrogens with one attached hydrogen (secondary N) is 1. The van der Waals surface area contributed by atoms with Crippen molar-refractivity contribution in [3.8, 4) is 0 Å². The summed E-state index contributed by atoms with van der Waals surface area (Å²) in [7, 11) is -3.81. The van der Waals surface area contributed by atoms with Crippen LogP contribution in [0, 0.1) is 5.82 Å². The standard InChI is InChI=1S/C13H14FN3O2S/c14-11-1-2-12(15)13(9-11)20(18,19)17-8-5-10-3-6-16-7-4-10/h1-4,6-7,9,17H,5,8,15H2. The molecule has 7 heteroatoms. The van der Waals surface area contributed by atoms with Crippen LogP contribution in [0.25, 0.3) is 0 Å². The molecule has 1 aromatic carbocycles. The summed E-state index contributed by atoms with van der Waals surface area (Å²) in [5.41, 5.74) is 6.53. The van der Waals surface area contributed by atoms with Gasteiger partial charge in [0.2, 0.25) is 10.0 Å². The quantitative estimate of drug-likeness (QED) is 0.815. The molecule has 0 unspecified atom stereocenters. The molecule has 0 bridgehead atoms. The van der Waals surface area contributed by atoms with Gasteiger partial charge in [0.25, 0.3) is 0 Å². The average molecular weight is 295 g/mol. The Labute approximate surface area is 116 Å². The first-order valence-electron chi connectivity index (χ1n) is 5.92. The molecule has 0 amide bonds. The fraction of sp³-hybridized carbons (Fsp3) is 0.154. The Balaban J connectivity index is 2.06. The van der Waals surface area contributed by atoms with E-state index in [9.17, 15) is 12.8 Å². The molecule has 0 aliphatic rings. The van der Waals surface area contributed by atoms with E-state index in [0.29, 0.717) is 6.42 Å². The van der Waals surface area contributed by atoms with Gasteiger partial charge in [-0.25, -0.2) is 17.5 Å². The molecule has 0 radical (unpaired) electrons. The van der Waals surface area contributed by atoms with Gasteiger partial charge in [0.05, 0.1) is 5.69 Å². The number of nitrogens with zero attached hydrogens (tertiary/aromatic N) is 1. The van der Waals surface area contributed by atoms with E-state index in [1.807, 2.05) is 0 Å². The third kappa shape index (κ3) is 3.52. The predicted molar refractivity (Wildman–Crippen MR) is 73.9 cm³/mol. The lowest BCUT2D eigenvalue weighted by molar-refractivity contribution is 0.578. The van der Waals surface area contributed by atoms with Crippen LogP contribution < -0.4 is 10.5 Å². The molecular formula is C13H14FN3O2S. The van der Waals surface area contributed by atoms with Crippen LogP contribution in [0.15, 0.2) is 47.6 Å². The molecule has 0 atom stereocenters. The van der Waals surface area contributed by atoms with Crippen molar-refractivity contribution in [3.63, 3.8) is 0 Å². The van der Waals surface area contributed by atoms with Crippen molar-refractivity contribution in [2.24, 2.45) is 0 Å².